The second-order valence-corrected chi connectivity index (χ2v) is 4.35. The molecular formula is C13H19N. The van der Waals surface area contributed by atoms with Gasteiger partial charge in [0.2, 0.25) is 0 Å². The van der Waals surface area contributed by atoms with Crippen LogP contribution in [0.25, 0.3) is 0 Å². The van der Waals surface area contributed by atoms with Crippen molar-refractivity contribution < 1.29 is 0 Å². The number of aryl methyl sites for hydroxylation is 1. The van der Waals surface area contributed by atoms with E-state index in [4.69, 9.17) is 0 Å². The molecule has 0 aromatic heterocycles. The van der Waals surface area contributed by atoms with Crippen molar-refractivity contribution in [2.24, 2.45) is 0 Å². The van der Waals surface area contributed by atoms with Crippen LogP contribution >= 0.6 is 0 Å². The molecule has 1 aliphatic rings. The Morgan fingerprint density at radius 1 is 1.21 bits per heavy atom. The minimum absolute atomic E-state index is 0.657. The highest BCUT2D eigenvalue weighted by atomic mass is 15.1. The fourth-order valence-electron chi connectivity index (χ4n) is 2.43. The lowest BCUT2D eigenvalue weighted by Gasteiger charge is -2.33. The van der Waals surface area contributed by atoms with Gasteiger partial charge in [0.05, 0.1) is 0 Å². The second kappa shape index (κ2) is 4.14. The molecule has 1 heteroatoms. The number of nitrogens with zero attached hydrogens (tertiary/aromatic N) is 1. The number of benzene rings is 1. The maximum atomic E-state index is 2.49. The van der Waals surface area contributed by atoms with E-state index in [1.165, 1.54) is 36.9 Å². The number of hydrogen-bond acceptors (Lipinski definition) is 1. The predicted molar refractivity (Wildman–Crippen MR) is 60.4 cm³/mol. The van der Waals surface area contributed by atoms with Crippen molar-refractivity contribution in [3.8, 4) is 0 Å². The largest absolute Gasteiger partial charge is 0.299 e. The zero-order valence-electron chi connectivity index (χ0n) is 9.16. The van der Waals surface area contributed by atoms with E-state index in [0.717, 1.165) is 0 Å². The van der Waals surface area contributed by atoms with Crippen LogP contribution in [0.2, 0.25) is 0 Å². The highest BCUT2D eigenvalue weighted by Gasteiger charge is 2.21. The van der Waals surface area contributed by atoms with Gasteiger partial charge in [0.1, 0.15) is 0 Å². The third-order valence-corrected chi connectivity index (χ3v) is 3.32. The van der Waals surface area contributed by atoms with Gasteiger partial charge >= 0.3 is 0 Å². The monoisotopic (exact) mass is 189 g/mol. The number of piperidine rings is 1. The van der Waals surface area contributed by atoms with Crippen LogP contribution < -0.4 is 0 Å². The van der Waals surface area contributed by atoms with E-state index in [2.05, 4.69) is 43.1 Å². The molecule has 1 heterocycles. The first kappa shape index (κ1) is 9.72. The summed E-state index contributed by atoms with van der Waals surface area (Å²) in [5.41, 5.74) is 2.96. The van der Waals surface area contributed by atoms with Gasteiger partial charge in [-0.15, -0.1) is 0 Å². The third kappa shape index (κ3) is 1.83. The first-order valence-electron chi connectivity index (χ1n) is 5.55. The molecule has 1 atom stereocenters. The Bertz CT molecular complexity index is 306. The van der Waals surface area contributed by atoms with Crippen LogP contribution in [0, 0.1) is 6.92 Å². The molecule has 0 saturated carbocycles. The fraction of sp³-hybridized carbons (Fsp3) is 0.538. The van der Waals surface area contributed by atoms with Crippen molar-refractivity contribution in [2.45, 2.75) is 32.2 Å². The van der Waals surface area contributed by atoms with E-state index in [1.807, 2.05) is 0 Å². The smallest absolute Gasteiger partial charge is 0.0347 e. The van der Waals surface area contributed by atoms with E-state index < -0.39 is 0 Å². The molecule has 0 aliphatic carbocycles. The van der Waals surface area contributed by atoms with Crippen molar-refractivity contribution >= 4 is 0 Å². The lowest BCUT2D eigenvalue weighted by molar-refractivity contribution is 0.187. The molecule has 0 amide bonds. The van der Waals surface area contributed by atoms with Crippen LogP contribution in [-0.2, 0) is 0 Å². The van der Waals surface area contributed by atoms with Crippen LogP contribution in [0.3, 0.4) is 0 Å². The summed E-state index contributed by atoms with van der Waals surface area (Å²) < 4.78 is 0. The van der Waals surface area contributed by atoms with Gasteiger partial charge < -0.3 is 0 Å². The molecule has 0 radical (unpaired) electrons. The zero-order valence-corrected chi connectivity index (χ0v) is 9.16. The van der Waals surface area contributed by atoms with Crippen molar-refractivity contribution in [3.63, 3.8) is 0 Å². The summed E-state index contributed by atoms with van der Waals surface area (Å²) >= 11 is 0. The van der Waals surface area contributed by atoms with E-state index in [-0.39, 0.29) is 0 Å². The molecule has 0 bridgehead atoms. The van der Waals surface area contributed by atoms with E-state index in [0.29, 0.717) is 6.04 Å². The molecule has 2 rings (SSSR count). The van der Waals surface area contributed by atoms with Crippen LogP contribution in [0.1, 0.15) is 36.4 Å². The first-order valence-corrected chi connectivity index (χ1v) is 5.55. The third-order valence-electron chi connectivity index (χ3n) is 3.32. The summed E-state index contributed by atoms with van der Waals surface area (Å²) in [4.78, 5) is 2.49. The maximum Gasteiger partial charge on any atom is 0.0347 e. The van der Waals surface area contributed by atoms with Crippen molar-refractivity contribution in [3.05, 3.63) is 35.4 Å². The van der Waals surface area contributed by atoms with Crippen LogP contribution in [0.4, 0.5) is 0 Å². The molecule has 0 spiro atoms. The van der Waals surface area contributed by atoms with Crippen molar-refractivity contribution in [2.75, 3.05) is 13.6 Å². The molecule has 0 N–H and O–H groups in total. The van der Waals surface area contributed by atoms with Crippen LogP contribution in [0.15, 0.2) is 24.3 Å². The maximum absolute atomic E-state index is 2.49. The number of hydrogen-bond donors (Lipinski definition) is 0. The minimum Gasteiger partial charge on any atom is -0.299 e. The molecule has 1 aromatic rings. The van der Waals surface area contributed by atoms with Crippen molar-refractivity contribution in [1.29, 1.82) is 0 Å². The Balaban J connectivity index is 2.25. The molecule has 14 heavy (non-hydrogen) atoms. The topological polar surface area (TPSA) is 3.24 Å². The highest BCUT2D eigenvalue weighted by Crippen LogP contribution is 2.30. The normalized spacial score (nSPS) is 23.7. The zero-order chi connectivity index (χ0) is 9.97. The van der Waals surface area contributed by atoms with Gasteiger partial charge in [-0.3, -0.25) is 4.90 Å². The summed E-state index contributed by atoms with van der Waals surface area (Å²) in [5, 5.41) is 0. The molecular weight excluding hydrogens is 170 g/mol. The fourth-order valence-corrected chi connectivity index (χ4v) is 2.43. The van der Waals surface area contributed by atoms with E-state index in [1.54, 1.807) is 0 Å². The van der Waals surface area contributed by atoms with E-state index >= 15 is 0 Å². The highest BCUT2D eigenvalue weighted by molar-refractivity contribution is 5.28. The Labute approximate surface area is 86.7 Å². The Morgan fingerprint density at radius 3 is 2.71 bits per heavy atom. The average molecular weight is 189 g/mol. The standard InChI is InChI=1S/C13H19N/c1-11-7-3-4-8-12(11)13-9-5-6-10-14(13)2/h3-4,7-8,13H,5-6,9-10H2,1-2H3. The first-order chi connectivity index (χ1) is 6.79. The number of likely N-dealkylation sites (tertiary alicyclic amines) is 1. The SMILES string of the molecule is Cc1ccccc1C1CCCCN1C. The molecule has 1 aromatic carbocycles. The quantitative estimate of drug-likeness (QED) is 0.656. The molecule has 1 aliphatic heterocycles. The second-order valence-electron chi connectivity index (χ2n) is 4.35. The molecule has 1 fully saturated rings. The molecule has 1 saturated heterocycles. The average Bonchev–Trinajstić information content (AvgIpc) is 2.20. The summed E-state index contributed by atoms with van der Waals surface area (Å²) in [7, 11) is 2.25. The lowest BCUT2D eigenvalue weighted by Crippen LogP contribution is -2.29. The van der Waals surface area contributed by atoms with Gasteiger partial charge in [0.25, 0.3) is 0 Å². The Morgan fingerprint density at radius 2 is 2.00 bits per heavy atom. The van der Waals surface area contributed by atoms with Crippen LogP contribution in [0.5, 0.6) is 0 Å². The summed E-state index contributed by atoms with van der Waals surface area (Å²) in [6, 6.07) is 9.44. The van der Waals surface area contributed by atoms with Crippen molar-refractivity contribution in [1.82, 2.24) is 4.90 Å². The molecule has 1 nitrogen and oxygen atoms in total. The summed E-state index contributed by atoms with van der Waals surface area (Å²) in [5.74, 6) is 0. The van der Waals surface area contributed by atoms with Gasteiger partial charge in [-0.1, -0.05) is 30.7 Å². The van der Waals surface area contributed by atoms with Gasteiger partial charge in [0, 0.05) is 6.04 Å². The van der Waals surface area contributed by atoms with E-state index in [9.17, 15) is 0 Å². The lowest BCUT2D eigenvalue weighted by atomic mass is 9.93. The van der Waals surface area contributed by atoms with Crippen LogP contribution in [-0.4, -0.2) is 18.5 Å². The minimum atomic E-state index is 0.657. The summed E-state index contributed by atoms with van der Waals surface area (Å²) in [6.45, 7) is 3.47. The Hall–Kier alpha value is -0.820. The van der Waals surface area contributed by atoms with Gasteiger partial charge in [-0.05, 0) is 44.5 Å². The van der Waals surface area contributed by atoms with Gasteiger partial charge in [-0.25, -0.2) is 0 Å². The molecule has 1 unspecified atom stereocenters. The Kier molecular flexibility index (Phi) is 2.87. The summed E-state index contributed by atoms with van der Waals surface area (Å²) in [6.07, 6.45) is 4.06. The number of rotatable bonds is 1. The van der Waals surface area contributed by atoms with Gasteiger partial charge in [0.15, 0.2) is 0 Å². The predicted octanol–water partition coefficient (Wildman–Crippen LogP) is 3.15. The van der Waals surface area contributed by atoms with Gasteiger partial charge in [-0.2, -0.15) is 0 Å². The molecule has 76 valence electrons.